The Balaban J connectivity index is 1.68. The number of aliphatic imine (C=N–C) groups is 1. The Hall–Kier alpha value is -1.14. The number of rotatable bonds is 9. The third-order valence-corrected chi connectivity index (χ3v) is 4.59. The summed E-state index contributed by atoms with van der Waals surface area (Å²) in [6, 6.07) is 0. The van der Waals surface area contributed by atoms with Crippen molar-refractivity contribution in [2.24, 2.45) is 10.9 Å². The lowest BCUT2D eigenvalue weighted by atomic mass is 10.4. The van der Waals surface area contributed by atoms with Crippen LogP contribution in [0.3, 0.4) is 0 Å². The van der Waals surface area contributed by atoms with E-state index in [2.05, 4.69) is 27.5 Å². The number of nitrogens with one attached hydrogen (secondary N) is 2. The summed E-state index contributed by atoms with van der Waals surface area (Å²) in [6.07, 6.45) is 3.72. The Morgan fingerprint density at radius 1 is 1.36 bits per heavy atom. The molecule has 5 nitrogen and oxygen atoms in total. The van der Waals surface area contributed by atoms with Crippen LogP contribution in [0, 0.1) is 19.8 Å². The molecule has 22 heavy (non-hydrogen) atoms. The average molecular weight is 324 g/mol. The van der Waals surface area contributed by atoms with Gasteiger partial charge < -0.3 is 15.4 Å². The van der Waals surface area contributed by atoms with Crippen LogP contribution in [-0.2, 0) is 11.3 Å². The Morgan fingerprint density at radius 3 is 2.82 bits per heavy atom. The molecule has 0 aromatic carbocycles. The van der Waals surface area contributed by atoms with Crippen molar-refractivity contribution >= 4 is 17.3 Å². The smallest absolute Gasteiger partial charge is 0.191 e. The summed E-state index contributed by atoms with van der Waals surface area (Å²) >= 11 is 1.72. The number of aromatic nitrogens is 1. The minimum Gasteiger partial charge on any atom is -0.381 e. The zero-order valence-electron chi connectivity index (χ0n) is 13.9. The number of guanidine groups is 1. The summed E-state index contributed by atoms with van der Waals surface area (Å²) in [6.45, 7) is 10.4. The van der Waals surface area contributed by atoms with Crippen molar-refractivity contribution in [3.05, 3.63) is 15.6 Å². The van der Waals surface area contributed by atoms with Crippen LogP contribution in [-0.4, -0.2) is 37.2 Å². The normalized spacial score (nSPS) is 15.1. The lowest BCUT2D eigenvalue weighted by molar-refractivity contribution is 0.123. The highest BCUT2D eigenvalue weighted by Crippen LogP contribution is 2.28. The second-order valence-corrected chi connectivity index (χ2v) is 7.02. The molecule has 1 aromatic heterocycles. The SMILES string of the molecule is CCNC(=NCc1sc(C)nc1C)NCCCOCC1CC1. The van der Waals surface area contributed by atoms with E-state index in [0.29, 0.717) is 6.54 Å². The van der Waals surface area contributed by atoms with Crippen molar-refractivity contribution in [1.29, 1.82) is 0 Å². The molecule has 0 aliphatic heterocycles. The Labute approximate surface area is 137 Å². The molecule has 1 saturated carbocycles. The van der Waals surface area contributed by atoms with E-state index < -0.39 is 0 Å². The van der Waals surface area contributed by atoms with Gasteiger partial charge in [-0.1, -0.05) is 0 Å². The van der Waals surface area contributed by atoms with Crippen molar-refractivity contribution < 1.29 is 4.74 Å². The van der Waals surface area contributed by atoms with Crippen molar-refractivity contribution in [2.45, 2.75) is 46.6 Å². The quantitative estimate of drug-likeness (QED) is 0.416. The fourth-order valence-corrected chi connectivity index (χ4v) is 2.99. The molecule has 0 spiro atoms. The molecule has 1 fully saturated rings. The fraction of sp³-hybridized carbons (Fsp3) is 0.750. The molecule has 6 heteroatoms. The minimum atomic E-state index is 0.685. The maximum atomic E-state index is 5.64. The summed E-state index contributed by atoms with van der Waals surface area (Å²) < 4.78 is 5.64. The molecule has 124 valence electrons. The minimum absolute atomic E-state index is 0.685. The molecule has 2 N–H and O–H groups in total. The molecule has 1 heterocycles. The van der Waals surface area contributed by atoms with Gasteiger partial charge in [-0.15, -0.1) is 11.3 Å². The molecule has 2 rings (SSSR count). The van der Waals surface area contributed by atoms with Gasteiger partial charge in [-0.25, -0.2) is 9.98 Å². The van der Waals surface area contributed by atoms with E-state index in [0.717, 1.165) is 55.3 Å². The molecular weight excluding hydrogens is 296 g/mol. The Bertz CT molecular complexity index is 482. The predicted octanol–water partition coefficient (Wildman–Crippen LogP) is 2.63. The van der Waals surface area contributed by atoms with Crippen LogP contribution >= 0.6 is 11.3 Å². The topological polar surface area (TPSA) is 58.5 Å². The lowest BCUT2D eigenvalue weighted by Crippen LogP contribution is -2.38. The first-order valence-corrected chi connectivity index (χ1v) is 9.03. The summed E-state index contributed by atoms with van der Waals surface area (Å²) in [5.41, 5.74) is 1.09. The van der Waals surface area contributed by atoms with Crippen LogP contribution in [0.25, 0.3) is 0 Å². The van der Waals surface area contributed by atoms with Gasteiger partial charge in [0.1, 0.15) is 0 Å². The van der Waals surface area contributed by atoms with Crippen molar-refractivity contribution in [1.82, 2.24) is 15.6 Å². The first-order chi connectivity index (χ1) is 10.7. The zero-order valence-corrected chi connectivity index (χ0v) is 14.8. The Morgan fingerprint density at radius 2 is 2.18 bits per heavy atom. The highest BCUT2D eigenvalue weighted by atomic mass is 32.1. The zero-order chi connectivity index (χ0) is 15.8. The van der Waals surface area contributed by atoms with Gasteiger partial charge in [0.05, 0.1) is 17.2 Å². The van der Waals surface area contributed by atoms with Crippen molar-refractivity contribution in [2.75, 3.05) is 26.3 Å². The van der Waals surface area contributed by atoms with E-state index in [9.17, 15) is 0 Å². The van der Waals surface area contributed by atoms with Crippen LogP contribution in [0.15, 0.2) is 4.99 Å². The number of ether oxygens (including phenoxy) is 1. The van der Waals surface area contributed by atoms with Gasteiger partial charge in [0.25, 0.3) is 0 Å². The van der Waals surface area contributed by atoms with Crippen LogP contribution in [0.4, 0.5) is 0 Å². The molecule has 0 atom stereocenters. The van der Waals surface area contributed by atoms with E-state index in [1.165, 1.54) is 17.7 Å². The highest BCUT2D eigenvalue weighted by molar-refractivity contribution is 7.11. The van der Waals surface area contributed by atoms with Crippen molar-refractivity contribution in [3.63, 3.8) is 0 Å². The van der Waals surface area contributed by atoms with Gasteiger partial charge in [-0.3, -0.25) is 0 Å². The number of nitrogens with zero attached hydrogens (tertiary/aromatic N) is 2. The average Bonchev–Trinajstić information content (AvgIpc) is 3.24. The van der Waals surface area contributed by atoms with E-state index >= 15 is 0 Å². The number of aryl methyl sites for hydroxylation is 2. The van der Waals surface area contributed by atoms with Crippen LogP contribution in [0.5, 0.6) is 0 Å². The van der Waals surface area contributed by atoms with Gasteiger partial charge in [-0.05, 0) is 46.0 Å². The van der Waals surface area contributed by atoms with Gasteiger partial charge >= 0.3 is 0 Å². The van der Waals surface area contributed by atoms with Crippen LogP contribution < -0.4 is 10.6 Å². The van der Waals surface area contributed by atoms with E-state index in [-0.39, 0.29) is 0 Å². The first kappa shape index (κ1) is 17.2. The predicted molar refractivity (Wildman–Crippen MR) is 92.6 cm³/mol. The van der Waals surface area contributed by atoms with Gasteiger partial charge in [0.15, 0.2) is 5.96 Å². The summed E-state index contributed by atoms with van der Waals surface area (Å²) in [5.74, 6) is 1.72. The van der Waals surface area contributed by atoms with E-state index in [1.54, 1.807) is 11.3 Å². The molecular formula is C16H28N4OS. The second kappa shape index (κ2) is 9.10. The molecule has 1 aliphatic carbocycles. The number of hydrogen-bond donors (Lipinski definition) is 2. The molecule has 1 aromatic rings. The number of thiazole rings is 1. The highest BCUT2D eigenvalue weighted by Gasteiger charge is 2.20. The van der Waals surface area contributed by atoms with Gasteiger partial charge in [-0.2, -0.15) is 0 Å². The summed E-state index contributed by atoms with van der Waals surface area (Å²) in [5, 5.41) is 7.75. The van der Waals surface area contributed by atoms with Gasteiger partial charge in [0.2, 0.25) is 0 Å². The maximum Gasteiger partial charge on any atom is 0.191 e. The maximum absolute atomic E-state index is 5.64. The third kappa shape index (κ3) is 6.32. The molecule has 0 unspecified atom stereocenters. The summed E-state index contributed by atoms with van der Waals surface area (Å²) in [4.78, 5) is 10.3. The molecule has 0 amide bonds. The largest absolute Gasteiger partial charge is 0.381 e. The summed E-state index contributed by atoms with van der Waals surface area (Å²) in [7, 11) is 0. The Kier molecular flexibility index (Phi) is 7.12. The third-order valence-electron chi connectivity index (χ3n) is 3.53. The lowest BCUT2D eigenvalue weighted by Gasteiger charge is -2.11. The fourth-order valence-electron chi connectivity index (χ4n) is 2.13. The van der Waals surface area contributed by atoms with E-state index in [1.807, 2.05) is 13.8 Å². The van der Waals surface area contributed by atoms with Crippen LogP contribution in [0.2, 0.25) is 0 Å². The standard InChI is InChI=1S/C16H28N4OS/c1-4-17-16(18-8-5-9-21-11-14-6-7-14)19-10-15-12(2)20-13(3)22-15/h14H,4-11H2,1-3H3,(H2,17,18,19). The van der Waals surface area contributed by atoms with Gasteiger partial charge in [0, 0.05) is 31.2 Å². The van der Waals surface area contributed by atoms with E-state index in [4.69, 9.17) is 4.74 Å². The number of hydrogen-bond acceptors (Lipinski definition) is 4. The van der Waals surface area contributed by atoms with Crippen molar-refractivity contribution in [3.8, 4) is 0 Å². The monoisotopic (exact) mass is 324 g/mol. The molecule has 0 saturated heterocycles. The van der Waals surface area contributed by atoms with Crippen LogP contribution in [0.1, 0.15) is 41.8 Å². The molecule has 0 radical (unpaired) electrons. The first-order valence-electron chi connectivity index (χ1n) is 8.22. The molecule has 1 aliphatic rings. The molecule has 0 bridgehead atoms. The second-order valence-electron chi connectivity index (χ2n) is 5.74.